The van der Waals surface area contributed by atoms with Crippen LogP contribution in [0, 0.1) is 5.82 Å². The number of urea groups is 1. The lowest BCUT2D eigenvalue weighted by Gasteiger charge is -2.26. The fraction of sp³-hybridized carbons (Fsp3) is 0. The van der Waals surface area contributed by atoms with Crippen molar-refractivity contribution < 1.29 is 23.9 Å². The highest BCUT2D eigenvalue weighted by Gasteiger charge is 2.36. The molecule has 8 heteroatoms. The number of benzene rings is 2. The third kappa shape index (κ3) is 3.22. The second-order valence-electron chi connectivity index (χ2n) is 5.15. The third-order valence-corrected chi connectivity index (χ3v) is 3.77. The Bertz CT molecular complexity index is 925. The molecule has 1 heterocycles. The van der Waals surface area contributed by atoms with Crippen molar-refractivity contribution in [2.45, 2.75) is 0 Å². The molecule has 3 rings (SSSR count). The first-order valence-electron chi connectivity index (χ1n) is 7.02. The maximum Gasteiger partial charge on any atom is 0.335 e. The fourth-order valence-corrected chi connectivity index (χ4v) is 2.45. The summed E-state index contributed by atoms with van der Waals surface area (Å²) in [5.74, 6) is -2.40. The van der Waals surface area contributed by atoms with Gasteiger partial charge >= 0.3 is 6.03 Å². The number of rotatable bonds is 2. The van der Waals surface area contributed by atoms with Gasteiger partial charge in [0.05, 0.1) is 10.7 Å². The van der Waals surface area contributed by atoms with E-state index in [1.807, 2.05) is 0 Å². The molecule has 0 aromatic heterocycles. The molecule has 1 aliphatic rings. The van der Waals surface area contributed by atoms with Gasteiger partial charge in [-0.3, -0.25) is 14.9 Å². The molecule has 0 atom stereocenters. The molecule has 0 spiro atoms. The molecule has 0 aliphatic carbocycles. The summed E-state index contributed by atoms with van der Waals surface area (Å²) in [6.07, 6.45) is 1.24. The van der Waals surface area contributed by atoms with E-state index in [9.17, 15) is 23.9 Å². The Hall–Kier alpha value is -3.19. The van der Waals surface area contributed by atoms with Crippen molar-refractivity contribution in [1.82, 2.24) is 5.32 Å². The Balaban J connectivity index is 2.01. The first-order valence-corrected chi connectivity index (χ1v) is 7.40. The molecular weight excluding hydrogens is 351 g/mol. The molecule has 6 nitrogen and oxygen atoms in total. The van der Waals surface area contributed by atoms with Gasteiger partial charge in [-0.25, -0.2) is 14.1 Å². The summed E-state index contributed by atoms with van der Waals surface area (Å²) in [7, 11) is 0. The van der Waals surface area contributed by atoms with Crippen LogP contribution in [0.25, 0.3) is 6.08 Å². The molecule has 1 aliphatic heterocycles. The lowest BCUT2D eigenvalue weighted by Crippen LogP contribution is -2.54. The van der Waals surface area contributed by atoms with Crippen molar-refractivity contribution in [1.29, 1.82) is 0 Å². The maximum absolute atomic E-state index is 13.0. The average molecular weight is 361 g/mol. The molecule has 1 saturated heterocycles. The molecule has 2 aromatic carbocycles. The van der Waals surface area contributed by atoms with E-state index in [0.29, 0.717) is 5.56 Å². The van der Waals surface area contributed by atoms with E-state index in [4.69, 9.17) is 11.6 Å². The number of hydrogen-bond acceptors (Lipinski definition) is 4. The third-order valence-electron chi connectivity index (χ3n) is 3.47. The Morgan fingerprint density at radius 2 is 1.76 bits per heavy atom. The van der Waals surface area contributed by atoms with Crippen LogP contribution in [-0.4, -0.2) is 23.0 Å². The first kappa shape index (κ1) is 16.7. The number of phenolic OH excluding ortho intramolecular Hbond substituents is 1. The first-order chi connectivity index (χ1) is 11.9. The maximum atomic E-state index is 13.0. The zero-order chi connectivity index (χ0) is 18.1. The second kappa shape index (κ2) is 6.37. The number of aromatic hydroxyl groups is 1. The molecule has 25 heavy (non-hydrogen) atoms. The predicted octanol–water partition coefficient (Wildman–Crippen LogP) is 2.85. The molecule has 1 fully saturated rings. The second-order valence-corrected chi connectivity index (χ2v) is 5.55. The van der Waals surface area contributed by atoms with Crippen molar-refractivity contribution in [3.8, 4) is 5.75 Å². The number of hydrogen-bond donors (Lipinski definition) is 2. The van der Waals surface area contributed by atoms with Crippen LogP contribution in [0.5, 0.6) is 5.75 Å². The smallest absolute Gasteiger partial charge is 0.335 e. The van der Waals surface area contributed by atoms with Gasteiger partial charge in [-0.1, -0.05) is 17.7 Å². The minimum atomic E-state index is -0.928. The Morgan fingerprint density at radius 1 is 1.08 bits per heavy atom. The van der Waals surface area contributed by atoms with Crippen LogP contribution in [0.15, 0.2) is 48.0 Å². The number of barbiturate groups is 1. The number of nitrogens with one attached hydrogen (secondary N) is 1. The highest BCUT2D eigenvalue weighted by molar-refractivity contribution is 6.39. The molecule has 2 aromatic rings. The normalized spacial score (nSPS) is 16.3. The number of imide groups is 2. The van der Waals surface area contributed by atoms with Crippen molar-refractivity contribution in [2.75, 3.05) is 4.90 Å². The molecule has 2 N–H and O–H groups in total. The summed E-state index contributed by atoms with van der Waals surface area (Å²) in [6.45, 7) is 0. The monoisotopic (exact) mass is 360 g/mol. The quantitative estimate of drug-likeness (QED) is 0.637. The summed E-state index contributed by atoms with van der Waals surface area (Å²) in [5, 5.41) is 11.5. The lowest BCUT2D eigenvalue weighted by atomic mass is 10.1. The van der Waals surface area contributed by atoms with Crippen molar-refractivity contribution in [3.63, 3.8) is 0 Å². The van der Waals surface area contributed by atoms with Crippen molar-refractivity contribution in [3.05, 3.63) is 64.4 Å². The Kier molecular flexibility index (Phi) is 4.24. The fourth-order valence-electron chi connectivity index (χ4n) is 2.26. The molecule has 0 bridgehead atoms. The van der Waals surface area contributed by atoms with Crippen LogP contribution in [-0.2, 0) is 9.59 Å². The number of carbonyl (C=O) groups is 3. The topological polar surface area (TPSA) is 86.7 Å². The van der Waals surface area contributed by atoms with E-state index in [-0.39, 0.29) is 22.0 Å². The number of nitrogens with zero attached hydrogens (tertiary/aromatic N) is 1. The van der Waals surface area contributed by atoms with Crippen LogP contribution < -0.4 is 10.2 Å². The number of halogens is 2. The largest absolute Gasteiger partial charge is 0.506 e. The standard InChI is InChI=1S/C17H10ClFN2O4/c18-13-8-9(1-6-14(13)22)7-12-15(23)20-17(25)21(16(12)24)11-4-2-10(19)3-5-11/h1-8,22H,(H,20,23,25). The van der Waals surface area contributed by atoms with E-state index in [2.05, 4.69) is 5.32 Å². The highest BCUT2D eigenvalue weighted by Crippen LogP contribution is 2.26. The van der Waals surface area contributed by atoms with Crippen LogP contribution in [0.1, 0.15) is 5.56 Å². The van der Waals surface area contributed by atoms with Crippen LogP contribution in [0.2, 0.25) is 5.02 Å². The minimum absolute atomic E-state index is 0.0458. The van der Waals surface area contributed by atoms with E-state index in [1.54, 1.807) is 0 Å². The van der Waals surface area contributed by atoms with Crippen molar-refractivity contribution >= 4 is 41.2 Å². The number of phenols is 1. The highest BCUT2D eigenvalue weighted by atomic mass is 35.5. The van der Waals surface area contributed by atoms with E-state index >= 15 is 0 Å². The minimum Gasteiger partial charge on any atom is -0.506 e. The van der Waals surface area contributed by atoms with Gasteiger partial charge in [-0.15, -0.1) is 0 Å². The number of anilines is 1. The van der Waals surface area contributed by atoms with Crippen molar-refractivity contribution in [2.24, 2.45) is 0 Å². The van der Waals surface area contributed by atoms with Gasteiger partial charge < -0.3 is 5.11 Å². The molecule has 0 radical (unpaired) electrons. The van der Waals surface area contributed by atoms with Crippen LogP contribution in [0.4, 0.5) is 14.9 Å². The average Bonchev–Trinajstić information content (AvgIpc) is 2.56. The van der Waals surface area contributed by atoms with Gasteiger partial charge in [0.2, 0.25) is 0 Å². The molecular formula is C17H10ClFN2O4. The number of amides is 4. The van der Waals surface area contributed by atoms with Crippen LogP contribution in [0.3, 0.4) is 0 Å². The number of carbonyl (C=O) groups excluding carboxylic acids is 3. The van der Waals surface area contributed by atoms with Gasteiger partial charge in [0.1, 0.15) is 17.1 Å². The lowest BCUT2D eigenvalue weighted by molar-refractivity contribution is -0.122. The van der Waals surface area contributed by atoms with Crippen LogP contribution >= 0.6 is 11.6 Å². The Labute approximate surface area is 146 Å². The summed E-state index contributed by atoms with van der Waals surface area (Å²) in [4.78, 5) is 37.3. The zero-order valence-corrected chi connectivity index (χ0v) is 13.2. The summed E-state index contributed by atoms with van der Waals surface area (Å²) >= 11 is 5.80. The van der Waals surface area contributed by atoms with E-state index < -0.39 is 23.7 Å². The molecule has 0 saturated carbocycles. The molecule has 4 amide bonds. The van der Waals surface area contributed by atoms with Gasteiger partial charge in [0.25, 0.3) is 11.8 Å². The van der Waals surface area contributed by atoms with E-state index in [1.165, 1.54) is 36.4 Å². The summed E-state index contributed by atoms with van der Waals surface area (Å²) in [6, 6.07) is 7.88. The van der Waals surface area contributed by atoms with Gasteiger partial charge in [0, 0.05) is 0 Å². The van der Waals surface area contributed by atoms with Gasteiger partial charge in [-0.2, -0.15) is 0 Å². The molecule has 0 unspecified atom stereocenters. The van der Waals surface area contributed by atoms with Gasteiger partial charge in [0.15, 0.2) is 0 Å². The molecule has 126 valence electrons. The SMILES string of the molecule is O=C1NC(=O)N(c2ccc(F)cc2)C(=O)C1=Cc1ccc(O)c(Cl)c1. The van der Waals surface area contributed by atoms with Gasteiger partial charge in [-0.05, 0) is 48.0 Å². The Morgan fingerprint density at radius 3 is 2.40 bits per heavy atom. The summed E-state index contributed by atoms with van der Waals surface area (Å²) in [5.41, 5.74) is 0.200. The predicted molar refractivity (Wildman–Crippen MR) is 88.5 cm³/mol. The van der Waals surface area contributed by atoms with E-state index in [0.717, 1.165) is 17.0 Å². The summed E-state index contributed by atoms with van der Waals surface area (Å²) < 4.78 is 13.0. The zero-order valence-electron chi connectivity index (χ0n) is 12.5.